The molecule has 0 aliphatic heterocycles. The lowest BCUT2D eigenvalue weighted by atomic mass is 10.1. The Bertz CT molecular complexity index is 440. The summed E-state index contributed by atoms with van der Waals surface area (Å²) in [6, 6.07) is -0.376. The molecule has 1 aromatic rings. The number of carbonyl (C=O) groups is 2. The fourth-order valence-corrected chi connectivity index (χ4v) is 2.68. The van der Waals surface area contributed by atoms with E-state index in [0.29, 0.717) is 11.5 Å². The van der Waals surface area contributed by atoms with E-state index < -0.39 is 5.97 Å². The van der Waals surface area contributed by atoms with Crippen LogP contribution in [0.5, 0.6) is 0 Å². The summed E-state index contributed by atoms with van der Waals surface area (Å²) in [6.07, 6.45) is 0.758. The highest BCUT2D eigenvalue weighted by Crippen LogP contribution is 2.33. The first-order valence-electron chi connectivity index (χ1n) is 5.41. The molecule has 0 aromatic carbocycles. The van der Waals surface area contributed by atoms with Crippen LogP contribution < -0.4 is 10.6 Å². The van der Waals surface area contributed by atoms with Gasteiger partial charge in [0, 0.05) is 11.4 Å². The predicted octanol–water partition coefficient (Wildman–Crippen LogP) is 2.46. The molecule has 0 radical (unpaired) electrons. The van der Waals surface area contributed by atoms with E-state index in [1.54, 1.807) is 13.8 Å². The van der Waals surface area contributed by atoms with E-state index >= 15 is 0 Å². The highest BCUT2D eigenvalue weighted by Gasteiger charge is 2.20. The van der Waals surface area contributed by atoms with Gasteiger partial charge >= 0.3 is 12.0 Å². The Hall–Kier alpha value is -1.56. The molecule has 94 valence electrons. The molecule has 0 fully saturated rings. The molecule has 0 bridgehead atoms. The van der Waals surface area contributed by atoms with Gasteiger partial charge in [0.15, 0.2) is 0 Å². The van der Waals surface area contributed by atoms with Gasteiger partial charge in [-0.2, -0.15) is 0 Å². The van der Waals surface area contributed by atoms with Gasteiger partial charge in [-0.05, 0) is 25.8 Å². The third kappa shape index (κ3) is 2.97. The predicted molar refractivity (Wildman–Crippen MR) is 68.1 cm³/mol. The van der Waals surface area contributed by atoms with E-state index in [4.69, 9.17) is 5.11 Å². The minimum Gasteiger partial charge on any atom is -0.478 e. The molecule has 17 heavy (non-hydrogen) atoms. The Labute approximate surface area is 104 Å². The van der Waals surface area contributed by atoms with Crippen molar-refractivity contribution in [3.63, 3.8) is 0 Å². The first-order valence-corrected chi connectivity index (χ1v) is 6.23. The van der Waals surface area contributed by atoms with Crippen molar-refractivity contribution < 1.29 is 14.7 Å². The summed E-state index contributed by atoms with van der Waals surface area (Å²) in [5.41, 5.74) is 0.926. The number of carbonyl (C=O) groups excluding carboxylic acids is 1. The third-order valence-corrected chi connectivity index (χ3v) is 3.70. The highest BCUT2D eigenvalue weighted by atomic mass is 32.1. The Morgan fingerprint density at radius 3 is 2.47 bits per heavy atom. The fraction of sp³-hybridized carbons (Fsp3) is 0.455. The van der Waals surface area contributed by atoms with Crippen molar-refractivity contribution in [2.75, 3.05) is 11.9 Å². The van der Waals surface area contributed by atoms with Gasteiger partial charge in [0.2, 0.25) is 0 Å². The zero-order valence-corrected chi connectivity index (χ0v) is 10.9. The van der Waals surface area contributed by atoms with Gasteiger partial charge in [0.05, 0.1) is 5.56 Å². The second kappa shape index (κ2) is 5.67. The number of nitrogens with one attached hydrogen (secondary N) is 2. The van der Waals surface area contributed by atoms with Crippen molar-refractivity contribution in [3.8, 4) is 0 Å². The minimum atomic E-state index is -1.01. The van der Waals surface area contributed by atoms with Crippen LogP contribution in [0.25, 0.3) is 0 Å². The molecule has 1 rings (SSSR count). The van der Waals surface area contributed by atoms with E-state index in [1.807, 2.05) is 6.92 Å². The Morgan fingerprint density at radius 1 is 1.35 bits per heavy atom. The molecule has 0 spiro atoms. The molecular formula is C11H16N2O3S. The smallest absolute Gasteiger partial charge is 0.338 e. The van der Waals surface area contributed by atoms with Gasteiger partial charge in [-0.1, -0.05) is 6.92 Å². The molecule has 1 heterocycles. The zero-order valence-electron chi connectivity index (χ0n) is 10.1. The number of amides is 2. The molecule has 0 aliphatic rings. The van der Waals surface area contributed by atoms with Crippen LogP contribution in [0.2, 0.25) is 0 Å². The van der Waals surface area contributed by atoms with Crippen molar-refractivity contribution in [3.05, 3.63) is 16.0 Å². The Balaban J connectivity index is 3.06. The molecule has 0 aliphatic carbocycles. The van der Waals surface area contributed by atoms with Crippen LogP contribution >= 0.6 is 11.3 Å². The lowest BCUT2D eigenvalue weighted by Gasteiger charge is -2.04. The van der Waals surface area contributed by atoms with Crippen LogP contribution in [0, 0.1) is 6.92 Å². The molecule has 0 saturated carbocycles. The number of thiophene rings is 1. The van der Waals surface area contributed by atoms with Crippen LogP contribution in [-0.2, 0) is 6.42 Å². The summed E-state index contributed by atoms with van der Waals surface area (Å²) in [5.74, 6) is -1.01. The lowest BCUT2D eigenvalue weighted by molar-refractivity contribution is 0.0697. The third-order valence-electron chi connectivity index (χ3n) is 2.34. The maximum atomic E-state index is 11.4. The first-order chi connectivity index (χ1) is 8.01. The number of urea groups is 1. The number of hydrogen-bond acceptors (Lipinski definition) is 3. The zero-order chi connectivity index (χ0) is 13.0. The summed E-state index contributed by atoms with van der Waals surface area (Å²) in [6.45, 7) is 6.02. The van der Waals surface area contributed by atoms with E-state index in [2.05, 4.69) is 10.6 Å². The van der Waals surface area contributed by atoms with Crippen LogP contribution in [0.1, 0.15) is 34.6 Å². The van der Waals surface area contributed by atoms with E-state index in [0.717, 1.165) is 16.9 Å². The number of anilines is 1. The largest absolute Gasteiger partial charge is 0.478 e. The van der Waals surface area contributed by atoms with Gasteiger partial charge in [-0.3, -0.25) is 5.32 Å². The SMILES string of the molecule is CCNC(=O)Nc1sc(CC)c(C)c1C(=O)O. The molecule has 0 atom stereocenters. The van der Waals surface area contributed by atoms with E-state index in [1.165, 1.54) is 11.3 Å². The number of rotatable bonds is 4. The molecular weight excluding hydrogens is 240 g/mol. The van der Waals surface area contributed by atoms with Gasteiger partial charge in [0.25, 0.3) is 0 Å². The van der Waals surface area contributed by atoms with Gasteiger partial charge in [-0.25, -0.2) is 9.59 Å². The topological polar surface area (TPSA) is 78.4 Å². The molecule has 1 aromatic heterocycles. The average Bonchev–Trinajstić information content (AvgIpc) is 2.55. The van der Waals surface area contributed by atoms with E-state index in [-0.39, 0.29) is 11.6 Å². The quantitative estimate of drug-likeness (QED) is 0.774. The van der Waals surface area contributed by atoms with E-state index in [9.17, 15) is 9.59 Å². The second-order valence-electron chi connectivity index (χ2n) is 3.50. The van der Waals surface area contributed by atoms with Gasteiger partial charge in [0.1, 0.15) is 5.00 Å². The van der Waals surface area contributed by atoms with Gasteiger partial charge in [-0.15, -0.1) is 11.3 Å². The molecule has 6 heteroatoms. The first kappa shape index (κ1) is 13.5. The average molecular weight is 256 g/mol. The van der Waals surface area contributed by atoms with Crippen LogP contribution in [-0.4, -0.2) is 23.7 Å². The van der Waals surface area contributed by atoms with Gasteiger partial charge < -0.3 is 10.4 Å². The Morgan fingerprint density at radius 2 is 2.00 bits per heavy atom. The number of hydrogen-bond donors (Lipinski definition) is 3. The highest BCUT2D eigenvalue weighted by molar-refractivity contribution is 7.16. The summed E-state index contributed by atoms with van der Waals surface area (Å²) in [5, 5.41) is 14.7. The maximum absolute atomic E-state index is 11.4. The van der Waals surface area contributed by atoms with Crippen LogP contribution in [0.4, 0.5) is 9.80 Å². The summed E-state index contributed by atoms with van der Waals surface area (Å²) < 4.78 is 0. The summed E-state index contributed by atoms with van der Waals surface area (Å²) in [4.78, 5) is 23.5. The second-order valence-corrected chi connectivity index (χ2v) is 4.60. The monoisotopic (exact) mass is 256 g/mol. The molecule has 0 saturated heterocycles. The number of carboxylic acid groups (broad SMARTS) is 1. The van der Waals surface area contributed by atoms with Crippen molar-refractivity contribution in [2.24, 2.45) is 0 Å². The maximum Gasteiger partial charge on any atom is 0.338 e. The lowest BCUT2D eigenvalue weighted by Crippen LogP contribution is -2.28. The minimum absolute atomic E-state index is 0.193. The Kier molecular flexibility index (Phi) is 4.51. The van der Waals surface area contributed by atoms with Crippen molar-refractivity contribution in [2.45, 2.75) is 27.2 Å². The number of aromatic carboxylic acids is 1. The number of aryl methyl sites for hydroxylation is 1. The standard InChI is InChI=1S/C11H16N2O3S/c1-4-7-6(3)8(10(14)15)9(17-7)13-11(16)12-5-2/h4-5H2,1-3H3,(H,14,15)(H2,12,13,16). The fourth-order valence-electron chi connectivity index (χ4n) is 1.55. The van der Waals surface area contributed by atoms with Crippen molar-refractivity contribution in [1.29, 1.82) is 0 Å². The molecule has 0 unspecified atom stereocenters. The summed E-state index contributed by atoms with van der Waals surface area (Å²) in [7, 11) is 0. The molecule has 2 amide bonds. The van der Waals surface area contributed by atoms with Crippen LogP contribution in [0.3, 0.4) is 0 Å². The summed E-state index contributed by atoms with van der Waals surface area (Å²) >= 11 is 1.32. The molecule has 5 nitrogen and oxygen atoms in total. The van der Waals surface area contributed by atoms with Crippen molar-refractivity contribution >= 4 is 28.3 Å². The normalized spacial score (nSPS) is 10.1. The number of carboxylic acids is 1. The van der Waals surface area contributed by atoms with Crippen LogP contribution in [0.15, 0.2) is 0 Å². The van der Waals surface area contributed by atoms with Crippen molar-refractivity contribution in [1.82, 2.24) is 5.32 Å². The molecule has 3 N–H and O–H groups in total.